The normalized spacial score (nSPS) is 10.8. The van der Waals surface area contributed by atoms with Gasteiger partial charge in [0.15, 0.2) is 0 Å². The summed E-state index contributed by atoms with van der Waals surface area (Å²) in [6, 6.07) is 7.73. The monoisotopic (exact) mass is 353 g/mol. The average Bonchev–Trinajstić information content (AvgIpc) is 2.81. The summed E-state index contributed by atoms with van der Waals surface area (Å²) < 4.78 is 5.63. The van der Waals surface area contributed by atoms with Gasteiger partial charge in [0.1, 0.15) is 4.88 Å². The van der Waals surface area contributed by atoms with E-state index in [1.54, 1.807) is 13.1 Å². The second-order valence-corrected chi connectivity index (χ2v) is 5.67. The molecule has 5 nitrogen and oxygen atoms in total. The quantitative estimate of drug-likeness (QED) is 0.519. The highest BCUT2D eigenvalue weighted by atomic mass is 79.9. The molecule has 7 heteroatoms. The summed E-state index contributed by atoms with van der Waals surface area (Å²) in [6.45, 7) is 1.76. The van der Waals surface area contributed by atoms with Crippen LogP contribution in [0.3, 0.4) is 0 Å². The van der Waals surface area contributed by atoms with Crippen LogP contribution in [-0.2, 0) is 4.74 Å². The molecule has 0 aliphatic rings. The minimum absolute atomic E-state index is 0.386. The van der Waals surface area contributed by atoms with Crippen LogP contribution in [0.2, 0.25) is 0 Å². The third-order valence-corrected chi connectivity index (χ3v) is 4.20. The van der Waals surface area contributed by atoms with Crippen LogP contribution in [0.15, 0.2) is 33.8 Å². The van der Waals surface area contributed by atoms with Gasteiger partial charge >= 0.3 is 5.97 Å². The van der Waals surface area contributed by atoms with E-state index in [4.69, 9.17) is 0 Å². The van der Waals surface area contributed by atoms with Crippen LogP contribution >= 0.6 is 27.3 Å². The summed E-state index contributed by atoms with van der Waals surface area (Å²) in [7, 11) is 1.35. The number of ether oxygens (including phenoxy) is 1. The molecule has 104 valence electrons. The van der Waals surface area contributed by atoms with Crippen molar-refractivity contribution < 1.29 is 9.53 Å². The molecule has 1 heterocycles. The molecule has 0 spiro atoms. The van der Waals surface area contributed by atoms with Gasteiger partial charge in [-0.3, -0.25) is 5.43 Å². The first kappa shape index (κ1) is 14.7. The Balaban J connectivity index is 2.08. The number of anilines is 1. The van der Waals surface area contributed by atoms with Crippen LogP contribution in [-0.4, -0.2) is 24.3 Å². The summed E-state index contributed by atoms with van der Waals surface area (Å²) in [5, 5.41) is 4.65. The predicted octanol–water partition coefficient (Wildman–Crippen LogP) is 3.45. The molecule has 0 saturated carbocycles. The Morgan fingerprint density at radius 3 is 2.95 bits per heavy atom. The lowest BCUT2D eigenvalue weighted by Crippen LogP contribution is -1.99. The van der Waals surface area contributed by atoms with E-state index in [-0.39, 0.29) is 5.97 Å². The van der Waals surface area contributed by atoms with E-state index in [1.165, 1.54) is 18.4 Å². The second kappa shape index (κ2) is 6.62. The Morgan fingerprint density at radius 1 is 1.50 bits per heavy atom. The zero-order valence-corrected chi connectivity index (χ0v) is 13.3. The minimum Gasteiger partial charge on any atom is -0.465 e. The lowest BCUT2D eigenvalue weighted by Gasteiger charge is -1.96. The summed E-state index contributed by atoms with van der Waals surface area (Å²) >= 11 is 4.64. The molecule has 0 radical (unpaired) electrons. The van der Waals surface area contributed by atoms with Crippen molar-refractivity contribution in [2.75, 3.05) is 12.5 Å². The number of halogens is 1. The Morgan fingerprint density at radius 2 is 2.25 bits per heavy atom. The Bertz CT molecular complexity index is 655. The van der Waals surface area contributed by atoms with Crippen LogP contribution in [0.25, 0.3) is 0 Å². The SMILES string of the molecule is COC(=O)c1sc(N/N=C/c2ccccc2Br)nc1C. The Labute approximate surface area is 128 Å². The Kier molecular flexibility index (Phi) is 4.86. The zero-order valence-electron chi connectivity index (χ0n) is 10.9. The summed E-state index contributed by atoms with van der Waals surface area (Å²) in [5.41, 5.74) is 4.38. The lowest BCUT2D eigenvalue weighted by atomic mass is 10.2. The van der Waals surface area contributed by atoms with E-state index >= 15 is 0 Å². The van der Waals surface area contributed by atoms with Crippen molar-refractivity contribution in [2.24, 2.45) is 5.10 Å². The van der Waals surface area contributed by atoms with Crippen molar-refractivity contribution in [1.82, 2.24) is 4.98 Å². The molecule has 2 aromatic rings. The fourth-order valence-electron chi connectivity index (χ4n) is 1.46. The molecule has 0 aliphatic heterocycles. The van der Waals surface area contributed by atoms with E-state index in [0.29, 0.717) is 15.7 Å². The molecule has 0 unspecified atom stereocenters. The molecule has 1 aromatic heterocycles. The number of benzene rings is 1. The number of rotatable bonds is 4. The number of carbonyl (C=O) groups is 1. The maximum atomic E-state index is 11.5. The van der Waals surface area contributed by atoms with Crippen LogP contribution in [0.4, 0.5) is 5.13 Å². The van der Waals surface area contributed by atoms with Crippen LogP contribution in [0.1, 0.15) is 20.9 Å². The molecule has 20 heavy (non-hydrogen) atoms. The van der Waals surface area contributed by atoms with E-state index < -0.39 is 0 Å². The fraction of sp³-hybridized carbons (Fsp3) is 0.154. The van der Waals surface area contributed by atoms with Gasteiger partial charge in [-0.1, -0.05) is 45.5 Å². The number of hydrazone groups is 1. The number of aromatic nitrogens is 1. The van der Waals surface area contributed by atoms with Crippen LogP contribution in [0.5, 0.6) is 0 Å². The van der Waals surface area contributed by atoms with Crippen molar-refractivity contribution >= 4 is 44.6 Å². The van der Waals surface area contributed by atoms with Crippen LogP contribution in [0, 0.1) is 6.92 Å². The van der Waals surface area contributed by atoms with E-state index in [2.05, 4.69) is 36.2 Å². The molecular formula is C13H12BrN3O2S. The van der Waals surface area contributed by atoms with Crippen LogP contribution < -0.4 is 5.43 Å². The van der Waals surface area contributed by atoms with E-state index in [9.17, 15) is 4.79 Å². The number of nitrogens with one attached hydrogen (secondary N) is 1. The first-order chi connectivity index (χ1) is 9.61. The standard InChI is InChI=1S/C13H12BrN3O2S/c1-8-11(12(18)19-2)20-13(16-8)17-15-7-9-5-3-4-6-10(9)14/h3-7H,1-2H3,(H,16,17)/b15-7+. The fourth-order valence-corrected chi connectivity index (χ4v) is 2.68. The van der Waals surface area contributed by atoms with Crippen molar-refractivity contribution in [3.8, 4) is 0 Å². The smallest absolute Gasteiger partial charge is 0.350 e. The summed E-state index contributed by atoms with van der Waals surface area (Å²) in [6.07, 6.45) is 1.68. The second-order valence-electron chi connectivity index (χ2n) is 3.82. The maximum Gasteiger partial charge on any atom is 0.350 e. The van der Waals surface area contributed by atoms with Crippen molar-refractivity contribution in [3.05, 3.63) is 44.9 Å². The maximum absolute atomic E-state index is 11.5. The van der Waals surface area contributed by atoms with E-state index in [0.717, 1.165) is 10.0 Å². The first-order valence-corrected chi connectivity index (χ1v) is 7.32. The predicted molar refractivity (Wildman–Crippen MR) is 83.5 cm³/mol. The highest BCUT2D eigenvalue weighted by molar-refractivity contribution is 9.10. The summed E-state index contributed by atoms with van der Waals surface area (Å²) in [4.78, 5) is 16.2. The molecule has 2 rings (SSSR count). The van der Waals surface area contributed by atoms with Crippen molar-refractivity contribution in [3.63, 3.8) is 0 Å². The Hall–Kier alpha value is -1.73. The van der Waals surface area contributed by atoms with Crippen molar-refractivity contribution in [1.29, 1.82) is 0 Å². The van der Waals surface area contributed by atoms with Gasteiger partial charge in [0.05, 0.1) is 19.0 Å². The molecule has 0 saturated heterocycles. The number of thiazole rings is 1. The zero-order chi connectivity index (χ0) is 14.5. The first-order valence-electron chi connectivity index (χ1n) is 5.71. The molecule has 1 aromatic carbocycles. The lowest BCUT2D eigenvalue weighted by molar-refractivity contribution is 0.0605. The van der Waals surface area contributed by atoms with Gasteiger partial charge in [0.2, 0.25) is 5.13 Å². The highest BCUT2D eigenvalue weighted by Crippen LogP contribution is 2.23. The molecular weight excluding hydrogens is 342 g/mol. The largest absolute Gasteiger partial charge is 0.465 e. The molecule has 0 fully saturated rings. The highest BCUT2D eigenvalue weighted by Gasteiger charge is 2.15. The number of aryl methyl sites for hydroxylation is 1. The topological polar surface area (TPSA) is 63.6 Å². The molecule has 0 aliphatic carbocycles. The van der Waals surface area contributed by atoms with Gasteiger partial charge in [-0.15, -0.1) is 0 Å². The number of carbonyl (C=O) groups excluding carboxylic acids is 1. The third-order valence-electron chi connectivity index (χ3n) is 2.44. The molecule has 1 N–H and O–H groups in total. The van der Waals surface area contributed by atoms with Gasteiger partial charge in [0, 0.05) is 10.0 Å². The third kappa shape index (κ3) is 3.43. The van der Waals surface area contributed by atoms with Gasteiger partial charge in [-0.2, -0.15) is 5.10 Å². The minimum atomic E-state index is -0.386. The van der Waals surface area contributed by atoms with E-state index in [1.807, 2.05) is 24.3 Å². The number of hydrogen-bond donors (Lipinski definition) is 1. The van der Waals surface area contributed by atoms with Gasteiger partial charge in [-0.05, 0) is 13.0 Å². The molecule has 0 amide bonds. The number of methoxy groups -OCH3 is 1. The molecule has 0 bridgehead atoms. The van der Waals surface area contributed by atoms with Gasteiger partial charge in [0.25, 0.3) is 0 Å². The number of nitrogens with zero attached hydrogens (tertiary/aromatic N) is 2. The average molecular weight is 354 g/mol. The van der Waals surface area contributed by atoms with Crippen molar-refractivity contribution in [2.45, 2.75) is 6.92 Å². The number of esters is 1. The molecule has 0 atom stereocenters. The number of hydrogen-bond acceptors (Lipinski definition) is 6. The summed E-state index contributed by atoms with van der Waals surface area (Å²) in [5.74, 6) is -0.386. The van der Waals surface area contributed by atoms with Gasteiger partial charge in [-0.25, -0.2) is 9.78 Å². The van der Waals surface area contributed by atoms with Gasteiger partial charge < -0.3 is 4.74 Å².